The summed E-state index contributed by atoms with van der Waals surface area (Å²) in [5.74, 6) is 0. The fraction of sp³-hybridized carbons (Fsp3) is 0.643. The van der Waals surface area contributed by atoms with Gasteiger partial charge in [0.15, 0.2) is 0 Å². The van der Waals surface area contributed by atoms with E-state index in [-0.39, 0.29) is 0 Å². The van der Waals surface area contributed by atoms with Crippen LogP contribution in [0.5, 0.6) is 0 Å². The van der Waals surface area contributed by atoms with Crippen LogP contribution in [0.15, 0.2) is 24.4 Å². The summed E-state index contributed by atoms with van der Waals surface area (Å²) in [6.07, 6.45) is 8.30. The minimum absolute atomic E-state index is 0.396. The van der Waals surface area contributed by atoms with E-state index in [0.29, 0.717) is 12.1 Å². The van der Waals surface area contributed by atoms with Crippen molar-refractivity contribution in [1.82, 2.24) is 10.3 Å². The molecule has 1 fully saturated rings. The molecule has 0 aromatic carbocycles. The highest BCUT2D eigenvalue weighted by Crippen LogP contribution is 2.20. The second kappa shape index (κ2) is 6.72. The maximum absolute atomic E-state index is 5.53. The van der Waals surface area contributed by atoms with Crippen molar-refractivity contribution in [3.63, 3.8) is 0 Å². The quantitative estimate of drug-likeness (QED) is 0.848. The number of ether oxygens (including phenoxy) is 1. The molecular formula is C14H22N2O. The molecule has 1 aromatic heterocycles. The Balaban J connectivity index is 1.74. The smallest absolute Gasteiger partial charge is 0.0724 e. The van der Waals surface area contributed by atoms with Gasteiger partial charge in [0.25, 0.3) is 0 Å². The van der Waals surface area contributed by atoms with Crippen LogP contribution in [0, 0.1) is 0 Å². The van der Waals surface area contributed by atoms with Crippen molar-refractivity contribution in [2.24, 2.45) is 0 Å². The summed E-state index contributed by atoms with van der Waals surface area (Å²) in [4.78, 5) is 4.33. The van der Waals surface area contributed by atoms with Crippen molar-refractivity contribution in [2.45, 2.75) is 44.2 Å². The van der Waals surface area contributed by atoms with Gasteiger partial charge in [0, 0.05) is 38.0 Å². The number of nitrogens with one attached hydrogen (secondary N) is 1. The predicted octanol–water partition coefficient (Wildman–Crippen LogP) is 2.17. The Morgan fingerprint density at radius 3 is 3.00 bits per heavy atom. The molecule has 1 aliphatic carbocycles. The van der Waals surface area contributed by atoms with Crippen LogP contribution in [0.4, 0.5) is 0 Å². The van der Waals surface area contributed by atoms with E-state index in [1.165, 1.54) is 25.7 Å². The van der Waals surface area contributed by atoms with Crippen LogP contribution in [-0.4, -0.2) is 30.8 Å². The topological polar surface area (TPSA) is 34.1 Å². The van der Waals surface area contributed by atoms with E-state index in [9.17, 15) is 0 Å². The molecule has 1 aliphatic rings. The lowest BCUT2D eigenvalue weighted by atomic mass is 9.92. The van der Waals surface area contributed by atoms with Crippen molar-refractivity contribution in [3.05, 3.63) is 30.1 Å². The van der Waals surface area contributed by atoms with Gasteiger partial charge in [-0.2, -0.15) is 0 Å². The van der Waals surface area contributed by atoms with E-state index >= 15 is 0 Å². The summed E-state index contributed by atoms with van der Waals surface area (Å²) in [7, 11) is 1.82. The van der Waals surface area contributed by atoms with Crippen molar-refractivity contribution < 1.29 is 4.74 Å². The lowest BCUT2D eigenvalue weighted by molar-refractivity contribution is 0.0421. The molecule has 2 rings (SSSR count). The highest BCUT2D eigenvalue weighted by atomic mass is 16.5. The Labute approximate surface area is 104 Å². The third-order valence-electron chi connectivity index (χ3n) is 3.52. The number of rotatable bonds is 5. The lowest BCUT2D eigenvalue weighted by Crippen LogP contribution is -2.43. The molecule has 17 heavy (non-hydrogen) atoms. The molecule has 0 amide bonds. The van der Waals surface area contributed by atoms with Gasteiger partial charge in [-0.1, -0.05) is 18.9 Å². The van der Waals surface area contributed by atoms with Crippen LogP contribution in [0.2, 0.25) is 0 Å². The van der Waals surface area contributed by atoms with Gasteiger partial charge in [0.2, 0.25) is 0 Å². The van der Waals surface area contributed by atoms with E-state index in [1.807, 2.05) is 25.4 Å². The van der Waals surface area contributed by atoms with Gasteiger partial charge < -0.3 is 10.1 Å². The summed E-state index contributed by atoms with van der Waals surface area (Å²) in [5.41, 5.74) is 1.16. The second-order valence-corrected chi connectivity index (χ2v) is 4.69. The highest BCUT2D eigenvalue weighted by Gasteiger charge is 2.23. The van der Waals surface area contributed by atoms with E-state index in [4.69, 9.17) is 4.74 Å². The maximum Gasteiger partial charge on any atom is 0.0724 e. The van der Waals surface area contributed by atoms with Crippen LogP contribution in [-0.2, 0) is 11.2 Å². The lowest BCUT2D eigenvalue weighted by Gasteiger charge is -2.31. The number of methoxy groups -OCH3 is 1. The molecule has 0 spiro atoms. The average molecular weight is 234 g/mol. The van der Waals surface area contributed by atoms with E-state index in [2.05, 4.69) is 16.4 Å². The Kier molecular flexibility index (Phi) is 4.95. The molecule has 0 saturated heterocycles. The second-order valence-electron chi connectivity index (χ2n) is 4.69. The van der Waals surface area contributed by atoms with Gasteiger partial charge in [0.05, 0.1) is 6.10 Å². The Bertz CT molecular complexity index is 315. The summed E-state index contributed by atoms with van der Waals surface area (Å²) in [5, 5.41) is 3.61. The summed E-state index contributed by atoms with van der Waals surface area (Å²) < 4.78 is 5.53. The zero-order valence-corrected chi connectivity index (χ0v) is 10.6. The summed E-state index contributed by atoms with van der Waals surface area (Å²) >= 11 is 0. The normalized spacial score (nSPS) is 24.8. The first kappa shape index (κ1) is 12.5. The van der Waals surface area contributed by atoms with Crippen molar-refractivity contribution in [3.8, 4) is 0 Å². The Hall–Kier alpha value is -0.930. The predicted molar refractivity (Wildman–Crippen MR) is 69.0 cm³/mol. The van der Waals surface area contributed by atoms with E-state index in [0.717, 1.165) is 18.7 Å². The first-order chi connectivity index (χ1) is 8.40. The standard InChI is InChI=1S/C14H22N2O/c1-17-14-8-3-2-7-13(14)16-11-9-12-6-4-5-10-15-12/h4-6,10,13-14,16H,2-3,7-9,11H2,1H3. The molecule has 1 saturated carbocycles. The highest BCUT2D eigenvalue weighted by molar-refractivity contribution is 5.03. The monoisotopic (exact) mass is 234 g/mol. The van der Waals surface area contributed by atoms with Crippen LogP contribution < -0.4 is 5.32 Å². The van der Waals surface area contributed by atoms with Gasteiger partial charge in [-0.15, -0.1) is 0 Å². The molecular weight excluding hydrogens is 212 g/mol. The van der Waals surface area contributed by atoms with Crippen LogP contribution in [0.25, 0.3) is 0 Å². The van der Waals surface area contributed by atoms with Gasteiger partial charge in [-0.3, -0.25) is 4.98 Å². The number of hydrogen-bond donors (Lipinski definition) is 1. The SMILES string of the molecule is COC1CCCCC1NCCc1ccccn1. The van der Waals surface area contributed by atoms with Crippen molar-refractivity contribution in [2.75, 3.05) is 13.7 Å². The third-order valence-corrected chi connectivity index (χ3v) is 3.52. The molecule has 1 heterocycles. The van der Waals surface area contributed by atoms with Gasteiger partial charge in [0.1, 0.15) is 0 Å². The van der Waals surface area contributed by atoms with E-state index in [1.54, 1.807) is 0 Å². The average Bonchev–Trinajstić information content (AvgIpc) is 2.40. The first-order valence-electron chi connectivity index (χ1n) is 6.56. The minimum atomic E-state index is 0.396. The molecule has 2 unspecified atom stereocenters. The third kappa shape index (κ3) is 3.79. The molecule has 3 nitrogen and oxygen atoms in total. The fourth-order valence-electron chi connectivity index (χ4n) is 2.54. The van der Waals surface area contributed by atoms with Crippen LogP contribution in [0.1, 0.15) is 31.4 Å². The van der Waals surface area contributed by atoms with Crippen molar-refractivity contribution >= 4 is 0 Å². The minimum Gasteiger partial charge on any atom is -0.380 e. The molecule has 1 N–H and O–H groups in total. The largest absolute Gasteiger partial charge is 0.380 e. The van der Waals surface area contributed by atoms with Gasteiger partial charge in [-0.05, 0) is 25.0 Å². The number of pyridine rings is 1. The summed E-state index contributed by atoms with van der Waals surface area (Å²) in [6, 6.07) is 6.61. The van der Waals surface area contributed by atoms with Gasteiger partial charge in [-0.25, -0.2) is 0 Å². The molecule has 0 bridgehead atoms. The molecule has 2 atom stereocenters. The molecule has 94 valence electrons. The van der Waals surface area contributed by atoms with Crippen LogP contribution >= 0.6 is 0 Å². The fourth-order valence-corrected chi connectivity index (χ4v) is 2.54. The number of hydrogen-bond acceptors (Lipinski definition) is 3. The number of nitrogens with zero attached hydrogens (tertiary/aromatic N) is 1. The van der Waals surface area contributed by atoms with Gasteiger partial charge >= 0.3 is 0 Å². The van der Waals surface area contributed by atoms with Crippen LogP contribution in [0.3, 0.4) is 0 Å². The first-order valence-corrected chi connectivity index (χ1v) is 6.56. The number of aromatic nitrogens is 1. The zero-order chi connectivity index (χ0) is 11.9. The molecule has 1 aromatic rings. The molecule has 3 heteroatoms. The summed E-state index contributed by atoms with van der Waals surface area (Å²) in [6.45, 7) is 0.988. The maximum atomic E-state index is 5.53. The van der Waals surface area contributed by atoms with E-state index < -0.39 is 0 Å². The zero-order valence-electron chi connectivity index (χ0n) is 10.6. The molecule has 0 aliphatic heterocycles. The van der Waals surface area contributed by atoms with Crippen molar-refractivity contribution in [1.29, 1.82) is 0 Å². The molecule has 0 radical (unpaired) electrons. The Morgan fingerprint density at radius 1 is 1.35 bits per heavy atom. The Morgan fingerprint density at radius 2 is 2.24 bits per heavy atom.